The van der Waals surface area contributed by atoms with Crippen molar-refractivity contribution >= 4 is 17.8 Å². The second-order valence-electron chi connectivity index (χ2n) is 4.64. The largest absolute Gasteiger partial charge is 0.490 e. The third-order valence-electron chi connectivity index (χ3n) is 2.99. The highest BCUT2D eigenvalue weighted by Crippen LogP contribution is 2.15. The molecule has 1 N–H and O–H groups in total. The molecule has 2 aromatic carbocycles. The number of rotatable bonds is 7. The second kappa shape index (κ2) is 8.23. The van der Waals surface area contributed by atoms with Crippen molar-refractivity contribution in [2.75, 3.05) is 6.61 Å². The van der Waals surface area contributed by atoms with E-state index in [2.05, 4.69) is 17.1 Å². The summed E-state index contributed by atoms with van der Waals surface area (Å²) in [7, 11) is 0. The molecule has 2 aromatic rings. The van der Waals surface area contributed by atoms with E-state index >= 15 is 0 Å². The lowest BCUT2D eigenvalue weighted by Crippen LogP contribution is -2.17. The summed E-state index contributed by atoms with van der Waals surface area (Å²) < 4.78 is 5.32. The number of ether oxygens (including phenoxy) is 1. The smallest absolute Gasteiger partial charge is 0.278 e. The monoisotopic (exact) mass is 325 g/mol. The Morgan fingerprint density at radius 2 is 1.96 bits per heavy atom. The van der Waals surface area contributed by atoms with Gasteiger partial charge in [-0.25, -0.2) is 5.43 Å². The molecule has 7 heteroatoms. The summed E-state index contributed by atoms with van der Waals surface area (Å²) in [6.07, 6.45) is 2.86. The van der Waals surface area contributed by atoms with Crippen LogP contribution in [0.2, 0.25) is 0 Å². The molecule has 0 unspecified atom stereocenters. The Morgan fingerprint density at radius 3 is 2.62 bits per heavy atom. The lowest BCUT2D eigenvalue weighted by molar-refractivity contribution is -0.385. The summed E-state index contributed by atoms with van der Waals surface area (Å²) >= 11 is 0. The van der Waals surface area contributed by atoms with E-state index in [1.807, 2.05) is 0 Å². The minimum Gasteiger partial charge on any atom is -0.490 e. The number of nitrogens with one attached hydrogen (secondary N) is 1. The van der Waals surface area contributed by atoms with E-state index in [0.29, 0.717) is 23.5 Å². The third-order valence-corrected chi connectivity index (χ3v) is 2.99. The van der Waals surface area contributed by atoms with Crippen molar-refractivity contribution in [1.29, 1.82) is 0 Å². The fourth-order valence-corrected chi connectivity index (χ4v) is 1.85. The number of hydrogen-bond donors (Lipinski definition) is 1. The number of carbonyl (C=O) groups is 1. The van der Waals surface area contributed by atoms with Crippen LogP contribution in [0, 0.1) is 10.1 Å². The molecule has 0 saturated heterocycles. The van der Waals surface area contributed by atoms with E-state index in [-0.39, 0.29) is 5.69 Å². The van der Waals surface area contributed by atoms with Crippen LogP contribution in [-0.4, -0.2) is 23.7 Å². The fourth-order valence-electron chi connectivity index (χ4n) is 1.85. The first-order valence-corrected chi connectivity index (χ1v) is 7.02. The summed E-state index contributed by atoms with van der Waals surface area (Å²) in [5, 5.41) is 14.6. The summed E-state index contributed by atoms with van der Waals surface area (Å²) in [5.41, 5.74) is 2.93. The van der Waals surface area contributed by atoms with E-state index in [9.17, 15) is 14.9 Å². The van der Waals surface area contributed by atoms with Gasteiger partial charge in [-0.05, 0) is 30.3 Å². The molecule has 2 rings (SSSR count). The van der Waals surface area contributed by atoms with Gasteiger partial charge in [0.15, 0.2) is 0 Å². The van der Waals surface area contributed by atoms with Gasteiger partial charge in [0.2, 0.25) is 0 Å². The SMILES string of the molecule is C=CCOc1ccc(C(=O)N/N=C/c2ccccc2[N+](=O)[O-])cc1. The van der Waals surface area contributed by atoms with Gasteiger partial charge in [0.25, 0.3) is 11.6 Å². The molecule has 0 aliphatic carbocycles. The standard InChI is InChI=1S/C17H15N3O4/c1-2-11-24-15-9-7-13(8-10-15)17(21)19-18-12-14-5-3-4-6-16(14)20(22)23/h2-10,12H,1,11H2,(H,19,21)/b18-12+. The number of hydrazone groups is 1. The molecule has 0 saturated carbocycles. The maximum absolute atomic E-state index is 12.0. The van der Waals surface area contributed by atoms with Crippen molar-refractivity contribution in [2.45, 2.75) is 0 Å². The number of para-hydroxylation sites is 1. The molecule has 0 radical (unpaired) electrons. The van der Waals surface area contributed by atoms with Crippen LogP contribution in [0.1, 0.15) is 15.9 Å². The van der Waals surface area contributed by atoms with Crippen LogP contribution in [0.5, 0.6) is 5.75 Å². The van der Waals surface area contributed by atoms with Gasteiger partial charge in [0, 0.05) is 11.6 Å². The van der Waals surface area contributed by atoms with Crippen LogP contribution in [0.4, 0.5) is 5.69 Å². The lowest BCUT2D eigenvalue weighted by atomic mass is 10.2. The van der Waals surface area contributed by atoms with E-state index in [1.54, 1.807) is 48.5 Å². The Balaban J connectivity index is 2.00. The molecule has 0 aliphatic heterocycles. The van der Waals surface area contributed by atoms with Gasteiger partial charge in [-0.3, -0.25) is 14.9 Å². The Bertz CT molecular complexity index is 770. The minimum atomic E-state index is -0.509. The van der Waals surface area contributed by atoms with Crippen LogP contribution in [0.25, 0.3) is 0 Å². The predicted molar refractivity (Wildman–Crippen MR) is 90.3 cm³/mol. The maximum Gasteiger partial charge on any atom is 0.278 e. The first-order valence-electron chi connectivity index (χ1n) is 7.02. The fraction of sp³-hybridized carbons (Fsp3) is 0.0588. The van der Waals surface area contributed by atoms with Crippen molar-refractivity contribution in [3.63, 3.8) is 0 Å². The first kappa shape index (κ1) is 16.9. The normalized spacial score (nSPS) is 10.3. The molecule has 122 valence electrons. The maximum atomic E-state index is 12.0. The Kier molecular flexibility index (Phi) is 5.79. The van der Waals surface area contributed by atoms with E-state index in [1.165, 1.54) is 12.3 Å². The van der Waals surface area contributed by atoms with Crippen molar-refractivity contribution in [1.82, 2.24) is 5.43 Å². The predicted octanol–water partition coefficient (Wildman–Crippen LogP) is 2.92. The molecule has 7 nitrogen and oxygen atoms in total. The van der Waals surface area contributed by atoms with Gasteiger partial charge >= 0.3 is 0 Å². The Hall–Kier alpha value is -3.48. The van der Waals surface area contributed by atoms with Crippen LogP contribution in [-0.2, 0) is 0 Å². The average molecular weight is 325 g/mol. The topological polar surface area (TPSA) is 93.8 Å². The number of amides is 1. The highest BCUT2D eigenvalue weighted by Gasteiger charge is 2.10. The number of benzene rings is 2. The molecule has 0 fully saturated rings. The molecule has 0 bridgehead atoms. The minimum absolute atomic E-state index is 0.0841. The van der Waals surface area contributed by atoms with Gasteiger partial charge in [-0.1, -0.05) is 24.8 Å². The molecule has 0 spiro atoms. The van der Waals surface area contributed by atoms with Crippen molar-refractivity contribution in [3.05, 3.63) is 82.4 Å². The van der Waals surface area contributed by atoms with Crippen LogP contribution in [0.3, 0.4) is 0 Å². The molecule has 0 atom stereocenters. The van der Waals surface area contributed by atoms with E-state index < -0.39 is 10.8 Å². The summed E-state index contributed by atoms with van der Waals surface area (Å²) in [6.45, 7) is 3.93. The Labute approximate surface area is 138 Å². The summed E-state index contributed by atoms with van der Waals surface area (Å²) in [4.78, 5) is 22.3. The molecular weight excluding hydrogens is 310 g/mol. The second-order valence-corrected chi connectivity index (χ2v) is 4.64. The zero-order valence-corrected chi connectivity index (χ0v) is 12.7. The average Bonchev–Trinajstić information content (AvgIpc) is 2.60. The molecule has 0 aromatic heterocycles. The highest BCUT2D eigenvalue weighted by atomic mass is 16.6. The molecular formula is C17H15N3O4. The van der Waals surface area contributed by atoms with Crippen molar-refractivity contribution in [2.24, 2.45) is 5.10 Å². The van der Waals surface area contributed by atoms with E-state index in [0.717, 1.165) is 0 Å². The number of nitro benzene ring substituents is 1. The van der Waals surface area contributed by atoms with E-state index in [4.69, 9.17) is 4.74 Å². The molecule has 24 heavy (non-hydrogen) atoms. The zero-order chi connectivity index (χ0) is 17.4. The first-order chi connectivity index (χ1) is 11.6. The van der Waals surface area contributed by atoms with Gasteiger partial charge < -0.3 is 4.74 Å². The number of carbonyl (C=O) groups excluding carboxylic acids is 1. The van der Waals surface area contributed by atoms with Gasteiger partial charge in [0.05, 0.1) is 16.7 Å². The number of nitro groups is 1. The van der Waals surface area contributed by atoms with Crippen LogP contribution < -0.4 is 10.2 Å². The zero-order valence-electron chi connectivity index (χ0n) is 12.7. The van der Waals surface area contributed by atoms with Crippen LogP contribution >= 0.6 is 0 Å². The van der Waals surface area contributed by atoms with Crippen molar-refractivity contribution < 1.29 is 14.5 Å². The molecule has 1 amide bonds. The third kappa shape index (κ3) is 4.51. The van der Waals surface area contributed by atoms with Crippen LogP contribution in [0.15, 0.2) is 66.3 Å². The highest BCUT2D eigenvalue weighted by molar-refractivity contribution is 5.95. The van der Waals surface area contributed by atoms with Gasteiger partial charge in [0.1, 0.15) is 12.4 Å². The van der Waals surface area contributed by atoms with Gasteiger partial charge in [-0.15, -0.1) is 0 Å². The Morgan fingerprint density at radius 1 is 1.25 bits per heavy atom. The summed E-state index contributed by atoms with van der Waals surface area (Å²) in [5.74, 6) is 0.190. The lowest BCUT2D eigenvalue weighted by Gasteiger charge is -2.04. The quantitative estimate of drug-likeness (QED) is 0.366. The summed E-state index contributed by atoms with van der Waals surface area (Å²) in [6, 6.07) is 12.6. The van der Waals surface area contributed by atoms with Crippen molar-refractivity contribution in [3.8, 4) is 5.75 Å². The number of hydrogen-bond acceptors (Lipinski definition) is 5. The molecule has 0 aliphatic rings. The number of nitrogens with zero attached hydrogens (tertiary/aromatic N) is 2. The van der Waals surface area contributed by atoms with Gasteiger partial charge in [-0.2, -0.15) is 5.10 Å². The molecule has 0 heterocycles.